The van der Waals surface area contributed by atoms with Crippen LogP contribution in [-0.4, -0.2) is 26.0 Å². The number of nitrogens with two attached hydrogens (primary N) is 1. The minimum Gasteiger partial charge on any atom is -0.326 e. The van der Waals surface area contributed by atoms with Crippen LogP contribution in [0.3, 0.4) is 0 Å². The van der Waals surface area contributed by atoms with Crippen LogP contribution in [0.15, 0.2) is 23.1 Å². The molecule has 4 nitrogen and oxygen atoms in total. The fourth-order valence-electron chi connectivity index (χ4n) is 2.42. The van der Waals surface area contributed by atoms with Crippen LogP contribution in [0.5, 0.6) is 0 Å². The van der Waals surface area contributed by atoms with Crippen molar-refractivity contribution in [3.05, 3.63) is 28.8 Å². The van der Waals surface area contributed by atoms with Crippen molar-refractivity contribution in [2.24, 2.45) is 5.73 Å². The highest BCUT2D eigenvalue weighted by atomic mass is 35.5. The molecular formula is C13H19ClN2O2S2. The number of nitrogens with one attached hydrogen (secondary N) is 1. The fourth-order valence-corrected chi connectivity index (χ4v) is 4.75. The molecule has 1 saturated carbocycles. The van der Waals surface area contributed by atoms with E-state index in [-0.39, 0.29) is 17.5 Å². The number of thioether (sulfide) groups is 1. The summed E-state index contributed by atoms with van der Waals surface area (Å²) < 4.78 is 27.5. The first-order chi connectivity index (χ1) is 9.46. The van der Waals surface area contributed by atoms with Gasteiger partial charge in [0.2, 0.25) is 10.0 Å². The van der Waals surface area contributed by atoms with Gasteiger partial charge in [-0.2, -0.15) is 11.8 Å². The zero-order valence-electron chi connectivity index (χ0n) is 11.3. The highest BCUT2D eigenvalue weighted by Gasteiger charge is 2.28. The number of halogens is 1. The molecule has 0 aromatic heterocycles. The van der Waals surface area contributed by atoms with Crippen molar-refractivity contribution in [3.63, 3.8) is 0 Å². The predicted octanol–water partition coefficient (Wildman–Crippen LogP) is 2.36. The third-order valence-electron chi connectivity index (χ3n) is 3.59. The standard InChI is InChI=1S/C13H19ClN2O2S2/c1-19-11-3-2-10(7-11)16-20(17,18)12-4-5-13(14)9(6-12)8-15/h4-6,10-11,16H,2-3,7-8,15H2,1H3. The number of hydrogen-bond acceptors (Lipinski definition) is 4. The van der Waals surface area contributed by atoms with Crippen LogP contribution in [0.4, 0.5) is 0 Å². The van der Waals surface area contributed by atoms with E-state index in [4.69, 9.17) is 17.3 Å². The normalized spacial score (nSPS) is 23.1. The zero-order chi connectivity index (χ0) is 14.8. The van der Waals surface area contributed by atoms with Crippen molar-refractivity contribution in [1.29, 1.82) is 0 Å². The largest absolute Gasteiger partial charge is 0.326 e. The molecule has 0 radical (unpaired) electrons. The number of hydrogen-bond donors (Lipinski definition) is 2. The lowest BCUT2D eigenvalue weighted by Gasteiger charge is -2.14. The Balaban J connectivity index is 2.14. The summed E-state index contributed by atoms with van der Waals surface area (Å²) in [5, 5.41) is 1.04. The molecule has 0 saturated heterocycles. The molecule has 1 aromatic rings. The van der Waals surface area contributed by atoms with Gasteiger partial charge in [-0.05, 0) is 49.3 Å². The van der Waals surface area contributed by atoms with E-state index in [1.807, 2.05) is 0 Å². The van der Waals surface area contributed by atoms with E-state index in [0.717, 1.165) is 19.3 Å². The summed E-state index contributed by atoms with van der Waals surface area (Å²) >= 11 is 7.75. The molecule has 112 valence electrons. The van der Waals surface area contributed by atoms with Crippen LogP contribution in [-0.2, 0) is 16.6 Å². The van der Waals surface area contributed by atoms with Crippen LogP contribution in [0.2, 0.25) is 5.02 Å². The Labute approximate surface area is 129 Å². The van der Waals surface area contributed by atoms with Gasteiger partial charge in [0.1, 0.15) is 0 Å². The van der Waals surface area contributed by atoms with Crippen LogP contribution in [0.25, 0.3) is 0 Å². The highest BCUT2D eigenvalue weighted by Crippen LogP contribution is 2.29. The average Bonchev–Trinajstić information content (AvgIpc) is 2.86. The van der Waals surface area contributed by atoms with Gasteiger partial charge >= 0.3 is 0 Å². The first kappa shape index (κ1) is 16.1. The quantitative estimate of drug-likeness (QED) is 0.867. The summed E-state index contributed by atoms with van der Waals surface area (Å²) in [6.45, 7) is 0.222. The van der Waals surface area contributed by atoms with Crippen molar-refractivity contribution in [2.45, 2.75) is 42.0 Å². The van der Waals surface area contributed by atoms with Crippen molar-refractivity contribution < 1.29 is 8.42 Å². The Morgan fingerprint density at radius 3 is 2.80 bits per heavy atom. The van der Waals surface area contributed by atoms with Gasteiger partial charge in [0.15, 0.2) is 0 Å². The Hall–Kier alpha value is -0.270. The molecule has 1 aromatic carbocycles. The third-order valence-corrected chi connectivity index (χ3v) is 6.57. The van der Waals surface area contributed by atoms with Crippen molar-refractivity contribution in [3.8, 4) is 0 Å². The lowest BCUT2D eigenvalue weighted by atomic mass is 10.2. The van der Waals surface area contributed by atoms with E-state index >= 15 is 0 Å². The molecule has 0 aliphatic heterocycles. The number of sulfonamides is 1. The van der Waals surface area contributed by atoms with Gasteiger partial charge in [-0.15, -0.1) is 0 Å². The molecule has 2 rings (SSSR count). The topological polar surface area (TPSA) is 72.2 Å². The van der Waals surface area contributed by atoms with Crippen molar-refractivity contribution in [2.75, 3.05) is 6.26 Å². The average molecular weight is 335 g/mol. The predicted molar refractivity (Wildman–Crippen MR) is 84.6 cm³/mol. The van der Waals surface area contributed by atoms with Crippen LogP contribution in [0.1, 0.15) is 24.8 Å². The minimum atomic E-state index is -3.50. The summed E-state index contributed by atoms with van der Waals surface area (Å²) in [5.74, 6) is 0. The van der Waals surface area contributed by atoms with Crippen molar-refractivity contribution in [1.82, 2.24) is 4.72 Å². The molecule has 0 heterocycles. The van der Waals surface area contributed by atoms with E-state index in [2.05, 4.69) is 11.0 Å². The highest BCUT2D eigenvalue weighted by molar-refractivity contribution is 7.99. The van der Waals surface area contributed by atoms with Gasteiger partial charge in [-0.25, -0.2) is 13.1 Å². The SMILES string of the molecule is CSC1CCC(NS(=O)(=O)c2ccc(Cl)c(CN)c2)C1. The molecule has 3 N–H and O–H groups in total. The molecule has 0 bridgehead atoms. The molecule has 1 aliphatic carbocycles. The Morgan fingerprint density at radius 2 is 2.20 bits per heavy atom. The third kappa shape index (κ3) is 3.68. The first-order valence-corrected chi connectivity index (χ1v) is 9.65. The van der Waals surface area contributed by atoms with E-state index in [1.165, 1.54) is 6.07 Å². The van der Waals surface area contributed by atoms with E-state index < -0.39 is 10.0 Å². The summed E-state index contributed by atoms with van der Waals surface area (Å²) in [5.41, 5.74) is 6.20. The molecule has 0 spiro atoms. The molecule has 1 aliphatic rings. The molecule has 2 atom stereocenters. The number of benzene rings is 1. The van der Waals surface area contributed by atoms with Crippen molar-refractivity contribution >= 4 is 33.4 Å². The molecular weight excluding hydrogens is 316 g/mol. The first-order valence-electron chi connectivity index (χ1n) is 6.50. The maximum atomic E-state index is 12.4. The van der Waals surface area contributed by atoms with Crippen LogP contribution >= 0.6 is 23.4 Å². The summed E-state index contributed by atoms with van der Waals surface area (Å²) in [6.07, 6.45) is 4.90. The van der Waals surface area contributed by atoms with E-state index in [1.54, 1.807) is 23.9 Å². The van der Waals surface area contributed by atoms with Crippen LogP contribution in [0, 0.1) is 0 Å². The lowest BCUT2D eigenvalue weighted by Crippen LogP contribution is -2.33. The Bertz CT molecular complexity index is 578. The van der Waals surface area contributed by atoms with Gasteiger partial charge in [-0.3, -0.25) is 0 Å². The van der Waals surface area contributed by atoms with E-state index in [9.17, 15) is 8.42 Å². The Kier molecular flexibility index (Phi) is 5.36. The smallest absolute Gasteiger partial charge is 0.240 e. The maximum absolute atomic E-state index is 12.4. The lowest BCUT2D eigenvalue weighted by molar-refractivity contribution is 0.552. The zero-order valence-corrected chi connectivity index (χ0v) is 13.7. The summed E-state index contributed by atoms with van der Waals surface area (Å²) in [7, 11) is -3.50. The molecule has 1 fully saturated rings. The van der Waals surface area contributed by atoms with Gasteiger partial charge in [0, 0.05) is 22.9 Å². The minimum absolute atomic E-state index is 0.0226. The van der Waals surface area contributed by atoms with Gasteiger partial charge in [0.25, 0.3) is 0 Å². The van der Waals surface area contributed by atoms with Gasteiger partial charge < -0.3 is 5.73 Å². The molecule has 7 heteroatoms. The van der Waals surface area contributed by atoms with Gasteiger partial charge in [-0.1, -0.05) is 11.6 Å². The number of rotatable bonds is 5. The molecule has 2 unspecified atom stereocenters. The maximum Gasteiger partial charge on any atom is 0.240 e. The summed E-state index contributed by atoms with van der Waals surface area (Å²) in [4.78, 5) is 0.231. The van der Waals surface area contributed by atoms with E-state index in [0.29, 0.717) is 15.8 Å². The summed E-state index contributed by atoms with van der Waals surface area (Å²) in [6, 6.07) is 4.67. The monoisotopic (exact) mass is 334 g/mol. The molecule has 20 heavy (non-hydrogen) atoms. The second-order valence-electron chi connectivity index (χ2n) is 4.95. The Morgan fingerprint density at radius 1 is 1.45 bits per heavy atom. The molecule has 0 amide bonds. The second kappa shape index (κ2) is 6.66. The van der Waals surface area contributed by atoms with Crippen LogP contribution < -0.4 is 10.5 Å². The van der Waals surface area contributed by atoms with Gasteiger partial charge in [0.05, 0.1) is 4.90 Å². The fraction of sp³-hybridized carbons (Fsp3) is 0.538. The second-order valence-corrected chi connectivity index (χ2v) is 8.21.